The molecule has 0 saturated carbocycles. The summed E-state index contributed by atoms with van der Waals surface area (Å²) in [5, 5.41) is 0. The zero-order chi connectivity index (χ0) is 29.1. The topological polar surface area (TPSA) is 94.7 Å². The Balaban J connectivity index is 1.96. The zero-order valence-corrected chi connectivity index (χ0v) is 24.8. The van der Waals surface area contributed by atoms with E-state index in [9.17, 15) is 13.2 Å². The summed E-state index contributed by atoms with van der Waals surface area (Å²) >= 11 is 0. The van der Waals surface area contributed by atoms with Crippen molar-refractivity contribution in [3.05, 3.63) is 101 Å². The molecule has 1 amide bonds. The summed E-state index contributed by atoms with van der Waals surface area (Å²) in [7, 11) is -3.48. The number of ether oxygens (including phenoxy) is 1. The molecule has 212 valence electrons. The first-order valence-corrected chi connectivity index (χ1v) is 15.2. The van der Waals surface area contributed by atoms with Crippen LogP contribution in [-0.4, -0.2) is 42.0 Å². The predicted octanol–water partition coefficient (Wildman–Crippen LogP) is 5.28. The minimum atomic E-state index is -3.48. The van der Waals surface area contributed by atoms with E-state index in [0.29, 0.717) is 18.6 Å². The maximum absolute atomic E-state index is 13.1. The Kier molecular flexibility index (Phi) is 8.65. The molecule has 1 heterocycles. The quantitative estimate of drug-likeness (QED) is 0.316. The summed E-state index contributed by atoms with van der Waals surface area (Å²) in [6, 6.07) is 23.8. The van der Waals surface area contributed by atoms with Crippen molar-refractivity contribution >= 4 is 27.1 Å². The van der Waals surface area contributed by atoms with E-state index < -0.39 is 21.7 Å². The molecule has 3 aromatic carbocycles. The molecular formula is C31H38N4O4S. The Hall–Kier alpha value is -3.69. The molecule has 9 heteroatoms. The van der Waals surface area contributed by atoms with E-state index in [1.54, 1.807) is 20.8 Å². The summed E-state index contributed by atoms with van der Waals surface area (Å²) in [6.45, 7) is 10.0. The third kappa shape index (κ3) is 7.70. The van der Waals surface area contributed by atoms with Crippen molar-refractivity contribution in [2.45, 2.75) is 59.2 Å². The van der Waals surface area contributed by atoms with Gasteiger partial charge in [0.1, 0.15) is 5.60 Å². The van der Waals surface area contributed by atoms with Crippen LogP contribution < -0.4 is 10.3 Å². The number of aryl methyl sites for hydroxylation is 2. The van der Waals surface area contributed by atoms with Gasteiger partial charge in [-0.3, -0.25) is 0 Å². The number of carbonyl (C=O) groups excluding carboxylic acids is 1. The maximum atomic E-state index is 13.1. The normalized spacial score (nSPS) is 13.5. The number of hydrogen-bond acceptors (Lipinski definition) is 4. The van der Waals surface area contributed by atoms with Gasteiger partial charge in [-0.15, -0.1) is 4.99 Å². The van der Waals surface area contributed by atoms with Crippen LogP contribution in [0.1, 0.15) is 49.1 Å². The molecule has 0 fully saturated rings. The number of benzene rings is 3. The number of carbonyl (C=O) groups is 1. The van der Waals surface area contributed by atoms with Gasteiger partial charge in [-0.1, -0.05) is 71.8 Å². The van der Waals surface area contributed by atoms with E-state index in [0.717, 1.165) is 39.5 Å². The largest absolute Gasteiger partial charge is 0.442 e. The van der Waals surface area contributed by atoms with Gasteiger partial charge < -0.3 is 13.9 Å². The molecule has 1 aromatic heterocycles. The SMILES string of the molecule is Cc1ccc(CC(CNS(C)(=O)=O)n2c(=NC(=O)OC(C)(C)C)n(Cc3ccc(C)cc3)c3ccccc32)cc1. The van der Waals surface area contributed by atoms with Crippen molar-refractivity contribution in [2.24, 2.45) is 4.99 Å². The lowest BCUT2D eigenvalue weighted by molar-refractivity contribution is 0.0593. The Morgan fingerprint density at radius 3 is 2.00 bits per heavy atom. The fourth-order valence-electron chi connectivity index (χ4n) is 4.61. The van der Waals surface area contributed by atoms with Crippen LogP contribution in [0.5, 0.6) is 0 Å². The van der Waals surface area contributed by atoms with Crippen molar-refractivity contribution in [3.8, 4) is 0 Å². The molecule has 0 aliphatic rings. The Morgan fingerprint density at radius 2 is 1.45 bits per heavy atom. The average Bonchev–Trinajstić information content (AvgIpc) is 3.15. The number of rotatable bonds is 8. The van der Waals surface area contributed by atoms with Crippen molar-refractivity contribution in [2.75, 3.05) is 12.8 Å². The van der Waals surface area contributed by atoms with Gasteiger partial charge in [0.25, 0.3) is 0 Å². The number of amides is 1. The third-order valence-electron chi connectivity index (χ3n) is 6.47. The van der Waals surface area contributed by atoms with E-state index in [4.69, 9.17) is 4.74 Å². The number of sulfonamides is 1. The molecule has 1 N–H and O–H groups in total. The van der Waals surface area contributed by atoms with E-state index in [1.165, 1.54) is 0 Å². The molecule has 4 aromatic rings. The van der Waals surface area contributed by atoms with Gasteiger partial charge in [-0.2, -0.15) is 0 Å². The van der Waals surface area contributed by atoms with Crippen LogP contribution >= 0.6 is 0 Å². The van der Waals surface area contributed by atoms with Crippen molar-refractivity contribution in [3.63, 3.8) is 0 Å². The first-order chi connectivity index (χ1) is 18.8. The van der Waals surface area contributed by atoms with Crippen molar-refractivity contribution < 1.29 is 17.9 Å². The van der Waals surface area contributed by atoms with Crippen LogP contribution in [0.25, 0.3) is 11.0 Å². The van der Waals surface area contributed by atoms with E-state index >= 15 is 0 Å². The number of fused-ring (bicyclic) bond motifs is 1. The average molecular weight is 563 g/mol. The molecule has 0 aliphatic heterocycles. The molecule has 0 saturated heterocycles. The first-order valence-electron chi connectivity index (χ1n) is 13.3. The smallest absolute Gasteiger partial charge is 0.437 e. The predicted molar refractivity (Wildman–Crippen MR) is 159 cm³/mol. The fraction of sp³-hybridized carbons (Fsp3) is 0.355. The van der Waals surface area contributed by atoms with Gasteiger partial charge in [-0.25, -0.2) is 17.9 Å². The summed E-state index contributed by atoms with van der Waals surface area (Å²) in [5.74, 6) is 0. The molecular weight excluding hydrogens is 524 g/mol. The molecule has 4 rings (SSSR count). The van der Waals surface area contributed by atoms with E-state index in [2.05, 4.69) is 34.0 Å². The third-order valence-corrected chi connectivity index (χ3v) is 7.16. The number of hydrogen-bond donors (Lipinski definition) is 1. The van der Waals surface area contributed by atoms with Crippen LogP contribution in [0.2, 0.25) is 0 Å². The van der Waals surface area contributed by atoms with Crippen LogP contribution in [0.3, 0.4) is 0 Å². The van der Waals surface area contributed by atoms with Gasteiger partial charge in [0.2, 0.25) is 15.6 Å². The summed E-state index contributed by atoms with van der Waals surface area (Å²) in [6.07, 6.45) is 0.954. The minimum Gasteiger partial charge on any atom is -0.442 e. The van der Waals surface area contributed by atoms with Gasteiger partial charge in [0, 0.05) is 6.54 Å². The first kappa shape index (κ1) is 29.3. The zero-order valence-electron chi connectivity index (χ0n) is 24.0. The van der Waals surface area contributed by atoms with Crippen LogP contribution in [0, 0.1) is 13.8 Å². The molecule has 40 heavy (non-hydrogen) atoms. The summed E-state index contributed by atoms with van der Waals surface area (Å²) in [5.41, 5.74) is 5.75. The number of nitrogens with one attached hydrogen (secondary N) is 1. The highest BCUT2D eigenvalue weighted by Gasteiger charge is 2.23. The number of aromatic nitrogens is 2. The lowest BCUT2D eigenvalue weighted by Crippen LogP contribution is -2.38. The highest BCUT2D eigenvalue weighted by molar-refractivity contribution is 7.88. The molecule has 0 bridgehead atoms. The molecule has 8 nitrogen and oxygen atoms in total. The van der Waals surface area contributed by atoms with Gasteiger partial charge in [0.05, 0.1) is 29.9 Å². The molecule has 0 radical (unpaired) electrons. The van der Waals surface area contributed by atoms with Crippen LogP contribution in [0.4, 0.5) is 4.79 Å². The van der Waals surface area contributed by atoms with Gasteiger partial charge >= 0.3 is 6.09 Å². The maximum Gasteiger partial charge on any atom is 0.437 e. The standard InChI is InChI=1S/C31H38N4O4S/c1-22-11-15-24(16-12-22)19-26(20-32-40(6,37)38)35-28-10-8-7-9-27(28)34(21-25-17-13-23(2)14-18-25)29(35)33-30(36)39-31(3,4)5/h7-18,26,32H,19-21H2,1-6H3. The summed E-state index contributed by atoms with van der Waals surface area (Å²) < 4.78 is 36.6. The molecule has 0 aliphatic carbocycles. The molecule has 1 atom stereocenters. The minimum absolute atomic E-state index is 0.118. The summed E-state index contributed by atoms with van der Waals surface area (Å²) in [4.78, 5) is 17.6. The fourth-order valence-corrected chi connectivity index (χ4v) is 5.11. The van der Waals surface area contributed by atoms with Crippen molar-refractivity contribution in [1.29, 1.82) is 0 Å². The Labute approximate surface area is 236 Å². The molecule has 0 spiro atoms. The Bertz CT molecular complexity index is 1660. The van der Waals surface area contributed by atoms with Gasteiger partial charge in [0.15, 0.2) is 0 Å². The monoisotopic (exact) mass is 562 g/mol. The van der Waals surface area contributed by atoms with E-state index in [1.807, 2.05) is 71.5 Å². The van der Waals surface area contributed by atoms with Crippen LogP contribution in [-0.2, 0) is 27.7 Å². The Morgan fingerprint density at radius 1 is 0.900 bits per heavy atom. The highest BCUT2D eigenvalue weighted by Crippen LogP contribution is 2.22. The second kappa shape index (κ2) is 11.8. The second-order valence-corrected chi connectivity index (χ2v) is 13.1. The van der Waals surface area contributed by atoms with E-state index in [-0.39, 0.29) is 12.6 Å². The number of nitrogens with zero attached hydrogens (tertiary/aromatic N) is 3. The number of imidazole rings is 1. The lowest BCUT2D eigenvalue weighted by atomic mass is 10.0. The molecule has 1 unspecified atom stereocenters. The van der Waals surface area contributed by atoms with Crippen LogP contribution in [0.15, 0.2) is 77.8 Å². The van der Waals surface area contributed by atoms with Crippen molar-refractivity contribution in [1.82, 2.24) is 13.9 Å². The lowest BCUT2D eigenvalue weighted by Gasteiger charge is -2.21. The highest BCUT2D eigenvalue weighted by atomic mass is 32.2. The second-order valence-electron chi connectivity index (χ2n) is 11.3. The number of para-hydroxylation sites is 2. The van der Waals surface area contributed by atoms with Gasteiger partial charge in [-0.05, 0) is 64.3 Å².